The molecule has 0 radical (unpaired) electrons. The van der Waals surface area contributed by atoms with Crippen LogP contribution in [0.3, 0.4) is 0 Å². The zero-order valence-electron chi connectivity index (χ0n) is 48.8. The number of benzene rings is 3. The monoisotopic (exact) mass is 1260 g/mol. The molecule has 0 spiro atoms. The van der Waals surface area contributed by atoms with Crippen LogP contribution in [0.2, 0.25) is 0 Å². The maximum absolute atomic E-state index is 10.4. The van der Waals surface area contributed by atoms with Gasteiger partial charge in [0, 0.05) is 13.0 Å². The van der Waals surface area contributed by atoms with Crippen molar-refractivity contribution in [2.24, 2.45) is 57.5 Å². The van der Waals surface area contributed by atoms with Crippen LogP contribution >= 0.6 is 0 Å². The number of aliphatic hydroxyl groups is 1. The van der Waals surface area contributed by atoms with Gasteiger partial charge in [0.05, 0.1) is 13.2 Å². The summed E-state index contributed by atoms with van der Waals surface area (Å²) in [5.41, 5.74) is 48.5. The van der Waals surface area contributed by atoms with Gasteiger partial charge in [-0.1, -0.05) is 86.6 Å². The number of aliphatic carboxylic acids is 10. The first-order chi connectivity index (χ1) is 40.9. The fourth-order valence-electron chi connectivity index (χ4n) is 5.54. The van der Waals surface area contributed by atoms with Crippen LogP contribution in [0.1, 0.15) is 75.5 Å². The Kier molecular flexibility index (Phi) is 53.4. The van der Waals surface area contributed by atoms with Crippen LogP contribution in [0.25, 0.3) is 0 Å². The van der Waals surface area contributed by atoms with Gasteiger partial charge in [-0.15, -0.1) is 0 Å². The van der Waals surface area contributed by atoms with Crippen LogP contribution in [0.5, 0.6) is 5.75 Å². The number of phenols is 1. The summed E-state index contributed by atoms with van der Waals surface area (Å²) in [5.74, 6) is -9.51. The number of aliphatic hydroxyl groups excluding tert-OH is 1. The van der Waals surface area contributed by atoms with Crippen LogP contribution in [0, 0.1) is 11.3 Å². The molecule has 34 nitrogen and oxygen atoms in total. The summed E-state index contributed by atoms with van der Waals surface area (Å²) in [6.45, 7) is 4.45. The van der Waals surface area contributed by atoms with Gasteiger partial charge >= 0.3 is 59.7 Å². The molecule has 3 aromatic rings. The van der Waals surface area contributed by atoms with Crippen LogP contribution in [0.15, 0.2) is 84.9 Å². The fourth-order valence-corrected chi connectivity index (χ4v) is 5.54. The average molecular weight is 1260 g/mol. The Hall–Kier alpha value is -8.97. The summed E-state index contributed by atoms with van der Waals surface area (Å²) in [6, 6.07) is 18.5. The molecule has 0 bridgehead atoms. The van der Waals surface area contributed by atoms with E-state index in [0.29, 0.717) is 44.6 Å². The van der Waals surface area contributed by atoms with Gasteiger partial charge < -0.3 is 124 Å². The van der Waals surface area contributed by atoms with Crippen molar-refractivity contribution in [2.45, 2.75) is 126 Å². The first-order valence-corrected chi connectivity index (χ1v) is 26.4. The zero-order valence-corrected chi connectivity index (χ0v) is 48.8. The average Bonchev–Trinajstić information content (AvgIpc) is 4.10. The molecule has 0 aliphatic carbocycles. The summed E-state index contributed by atoms with van der Waals surface area (Å²) < 4.78 is 0. The number of nitrogens with two attached hydrogens (primary N) is 9. The second-order valence-electron chi connectivity index (χ2n) is 18.7. The lowest BCUT2D eigenvalue weighted by Crippen LogP contribution is -2.34. The molecule has 1 fully saturated rings. The molecule has 1 heterocycles. The number of phenolic OH excluding ortho intramolecular Hbond substituents is 1. The van der Waals surface area contributed by atoms with Crippen molar-refractivity contribution in [1.82, 2.24) is 10.6 Å². The van der Waals surface area contributed by atoms with E-state index in [0.717, 1.165) is 36.1 Å². The zero-order chi connectivity index (χ0) is 69.1. The van der Waals surface area contributed by atoms with Crippen molar-refractivity contribution in [3.8, 4) is 5.75 Å². The van der Waals surface area contributed by atoms with Gasteiger partial charge in [0.25, 0.3) is 0 Å². The number of guanidine groups is 1. The second kappa shape index (κ2) is 53.5. The Balaban J connectivity index is -0.000000297. The van der Waals surface area contributed by atoms with E-state index in [1.54, 1.807) is 12.1 Å². The van der Waals surface area contributed by atoms with E-state index < -0.39 is 109 Å². The van der Waals surface area contributed by atoms with Gasteiger partial charge in [-0.25, -0.2) is 0 Å². The van der Waals surface area contributed by atoms with Gasteiger partial charge in [0.15, 0.2) is 5.96 Å². The molecule has 33 N–H and O–H groups in total. The Morgan fingerprint density at radius 2 is 0.886 bits per heavy atom. The smallest absolute Gasteiger partial charge is 0.322 e. The number of carbonyl (C=O) groups is 10. The Labute approximate surface area is 507 Å². The normalized spacial score (nSPS) is 13.8. The van der Waals surface area contributed by atoms with E-state index in [4.69, 9.17) is 113 Å². The van der Waals surface area contributed by atoms with Gasteiger partial charge in [-0.2, -0.15) is 0 Å². The molecule has 498 valence electrons. The Morgan fingerprint density at radius 3 is 1.12 bits per heavy atom. The lowest BCUT2D eigenvalue weighted by Gasteiger charge is -2.07. The number of hydrogen-bond donors (Lipinski definition) is 24. The maximum Gasteiger partial charge on any atom is 0.322 e. The van der Waals surface area contributed by atoms with E-state index in [-0.39, 0.29) is 43.6 Å². The molecule has 1 aliphatic heterocycles. The third kappa shape index (κ3) is 57.5. The van der Waals surface area contributed by atoms with Crippen LogP contribution in [0.4, 0.5) is 0 Å². The molecule has 8 atom stereocenters. The van der Waals surface area contributed by atoms with Gasteiger partial charge in [-0.05, 0) is 99.1 Å². The van der Waals surface area contributed by atoms with Gasteiger partial charge in [0.2, 0.25) is 0 Å². The van der Waals surface area contributed by atoms with Crippen molar-refractivity contribution in [1.29, 1.82) is 5.41 Å². The minimum absolute atomic E-state index is 0.0231. The molecule has 34 heteroatoms. The molecule has 0 saturated carbocycles. The summed E-state index contributed by atoms with van der Waals surface area (Å²) >= 11 is 0. The first kappa shape index (κ1) is 87.8. The molecule has 7 unspecified atom stereocenters. The van der Waals surface area contributed by atoms with Crippen LogP contribution in [-0.2, 0) is 67.2 Å². The minimum atomic E-state index is -1.18. The molecule has 0 aromatic heterocycles. The Bertz CT molecular complexity index is 2400. The van der Waals surface area contributed by atoms with E-state index >= 15 is 0 Å². The van der Waals surface area contributed by atoms with E-state index in [2.05, 4.69) is 16.4 Å². The van der Waals surface area contributed by atoms with Gasteiger partial charge in [0.1, 0.15) is 54.1 Å². The highest BCUT2D eigenvalue weighted by molar-refractivity contribution is 5.77. The summed E-state index contributed by atoms with van der Waals surface area (Å²) in [6.07, 6.45) is 4.13. The second-order valence-corrected chi connectivity index (χ2v) is 18.7. The number of rotatable bonds is 25. The highest BCUT2D eigenvalue weighted by Crippen LogP contribution is 2.11. The number of carboxylic acids is 10. The molecule has 4 rings (SSSR count). The summed E-state index contributed by atoms with van der Waals surface area (Å²) in [7, 11) is 0. The van der Waals surface area contributed by atoms with Crippen molar-refractivity contribution in [3.63, 3.8) is 0 Å². The van der Waals surface area contributed by atoms with Crippen molar-refractivity contribution in [2.75, 3.05) is 26.2 Å². The number of carboxylic acid groups (broad SMARTS) is 10. The lowest BCUT2D eigenvalue weighted by atomic mass is 10.1. The van der Waals surface area contributed by atoms with Crippen LogP contribution in [-0.4, -0.2) is 202 Å². The highest BCUT2D eigenvalue weighted by atomic mass is 16.4. The predicted octanol–water partition coefficient (Wildman–Crippen LogP) is -2.76. The van der Waals surface area contributed by atoms with Crippen molar-refractivity contribution < 1.29 is 109 Å². The lowest BCUT2D eigenvalue weighted by molar-refractivity contribution is -0.141. The fraction of sp³-hybridized carbons (Fsp3) is 0.463. The molecular formula is C54H90N12O22. The molecular weight excluding hydrogens is 1170 g/mol. The standard InChI is InChI=1S/C9H11NO3.2C9H11NO2.C6H14N4O2.C6H13NO2.C5H9NO4.C5H9NO2.C3H7NO3.C2H5NO2/c10-8(9(12)13)5-6-1-3-7(11)4-2-6;2*10-8(9(11)12)6-7-4-2-1-3-5-7;7-4(5(11)12)2-1-3-10-6(8)9;1-4(2)3-5(7)6(8)9;6-3(5(9)10)1-2-4(7)8;7-5(8)4-2-1-3-6-4;4-2(1-5)3(6)7;3-1-2(4)5/h1-4,8,11H,5,10H2,(H,12,13);2*1-5,8H,6,10H2,(H,11,12);4H,1-3,7H2,(H,11,12)(H4,8,9,10);4-5H,3,7H2,1-2H3,(H,8,9);3H,1-2,6H2,(H,7,8)(H,9,10);4,6H,1-3H2,(H,7,8);2,5H,1,4H2,(H,6,7);1,3H2,(H,4,5)/t;;;;;;4-;;/m......0../s1. The third-order valence-corrected chi connectivity index (χ3v) is 10.3. The largest absolute Gasteiger partial charge is 0.508 e. The topological polar surface area (TPSA) is 696 Å². The molecule has 3 aromatic carbocycles. The minimum Gasteiger partial charge on any atom is -0.508 e. The quantitative estimate of drug-likeness (QED) is 0.0232. The van der Waals surface area contributed by atoms with Gasteiger partial charge in [-0.3, -0.25) is 53.4 Å². The summed E-state index contributed by atoms with van der Waals surface area (Å²) in [4.78, 5) is 100. The molecule has 88 heavy (non-hydrogen) atoms. The molecule has 1 aliphatic rings. The summed E-state index contributed by atoms with van der Waals surface area (Å²) in [5, 5.41) is 112. The van der Waals surface area contributed by atoms with Crippen LogP contribution < -0.4 is 62.2 Å². The molecule has 0 amide bonds. The maximum atomic E-state index is 10.4. The first-order valence-electron chi connectivity index (χ1n) is 26.4. The Morgan fingerprint density at radius 1 is 0.534 bits per heavy atom. The number of hydrogen-bond acceptors (Lipinski definition) is 22. The van der Waals surface area contributed by atoms with Crippen molar-refractivity contribution >= 4 is 65.7 Å². The third-order valence-electron chi connectivity index (χ3n) is 10.3. The van der Waals surface area contributed by atoms with E-state index in [1.165, 1.54) is 12.1 Å². The molecule has 1 saturated heterocycles. The highest BCUT2D eigenvalue weighted by Gasteiger charge is 2.20. The number of aromatic hydroxyl groups is 1. The van der Waals surface area contributed by atoms with Crippen molar-refractivity contribution in [3.05, 3.63) is 102 Å². The predicted molar refractivity (Wildman–Crippen MR) is 319 cm³/mol. The number of nitrogens with one attached hydrogen (secondary N) is 3. The van der Waals surface area contributed by atoms with E-state index in [9.17, 15) is 47.9 Å². The SMILES string of the molecule is CC(C)CC(N)C(=O)O.N=C(N)NCCCC(N)C(=O)O.NC(CCC(=O)O)C(=O)O.NC(CO)C(=O)O.NC(Cc1ccc(O)cc1)C(=O)O.NC(Cc1ccccc1)C(=O)O.NC(Cc1ccccc1)C(=O)O.NCC(=O)O.O=C(O)[C@@H]1CCCN1. The van der Waals surface area contributed by atoms with E-state index in [1.807, 2.05) is 74.5 Å².